The Hall–Kier alpha value is -3.28. The minimum absolute atomic E-state index is 0.644. The lowest BCUT2D eigenvalue weighted by atomic mass is 10.1. The van der Waals surface area contributed by atoms with Crippen molar-refractivity contribution in [2.45, 2.75) is 40.3 Å². The number of halogens is 1. The maximum atomic E-state index is 6.09. The molecule has 4 aromatic rings. The fourth-order valence-electron chi connectivity index (χ4n) is 4.32. The van der Waals surface area contributed by atoms with Gasteiger partial charge in [0.05, 0.1) is 13.2 Å². The fourth-order valence-corrected chi connectivity index (χ4v) is 4.72. The molecule has 1 N–H and O–H groups in total. The first-order chi connectivity index (χ1) is 17.9. The summed E-state index contributed by atoms with van der Waals surface area (Å²) in [5.74, 6) is 0.850. The largest absolute Gasteiger partial charge is 0.494 e. The molecule has 0 unspecified atom stereocenters. The van der Waals surface area contributed by atoms with Crippen molar-refractivity contribution in [1.82, 2.24) is 9.47 Å². The number of thiocarbonyl (C=S) groups is 1. The Kier molecular flexibility index (Phi) is 9.26. The minimum Gasteiger partial charge on any atom is -0.494 e. The van der Waals surface area contributed by atoms with Gasteiger partial charge in [0.25, 0.3) is 0 Å². The second kappa shape index (κ2) is 12.8. The molecule has 0 saturated carbocycles. The van der Waals surface area contributed by atoms with E-state index in [-0.39, 0.29) is 0 Å². The number of benzene rings is 3. The minimum atomic E-state index is 0.644. The van der Waals surface area contributed by atoms with Crippen molar-refractivity contribution >= 4 is 34.6 Å². The average molecular weight is 532 g/mol. The summed E-state index contributed by atoms with van der Waals surface area (Å²) in [6.45, 7) is 9.25. The highest BCUT2D eigenvalue weighted by Gasteiger charge is 2.14. The lowest BCUT2D eigenvalue weighted by Crippen LogP contribution is -2.36. The van der Waals surface area contributed by atoms with E-state index < -0.39 is 0 Å². The lowest BCUT2D eigenvalue weighted by molar-refractivity contribution is 0.340. The number of ether oxygens (including phenoxy) is 1. The van der Waals surface area contributed by atoms with Gasteiger partial charge < -0.3 is 19.5 Å². The van der Waals surface area contributed by atoms with Crippen LogP contribution < -0.4 is 10.1 Å². The fraction of sp³-hybridized carbons (Fsp3) is 0.258. The van der Waals surface area contributed by atoms with Gasteiger partial charge in [0.15, 0.2) is 5.11 Å². The highest BCUT2D eigenvalue weighted by atomic mass is 35.5. The predicted molar refractivity (Wildman–Crippen MR) is 159 cm³/mol. The van der Waals surface area contributed by atoms with Gasteiger partial charge in [-0.15, -0.1) is 0 Å². The van der Waals surface area contributed by atoms with Gasteiger partial charge in [0.2, 0.25) is 0 Å². The SMILES string of the molecule is CCOc1ccc(NC(=S)N(CCc2ccc(Cl)cc2)Cc2cccn2Cc2ccc(C)cc2C)cc1. The molecular weight excluding hydrogens is 498 g/mol. The molecule has 0 saturated heterocycles. The Labute approximate surface area is 230 Å². The van der Waals surface area contributed by atoms with Crippen LogP contribution in [0.5, 0.6) is 5.75 Å². The van der Waals surface area contributed by atoms with Crippen LogP contribution in [0, 0.1) is 13.8 Å². The van der Waals surface area contributed by atoms with Gasteiger partial charge >= 0.3 is 0 Å². The molecule has 0 amide bonds. The van der Waals surface area contributed by atoms with Gasteiger partial charge in [-0.3, -0.25) is 0 Å². The molecule has 0 atom stereocenters. The zero-order valence-electron chi connectivity index (χ0n) is 21.7. The summed E-state index contributed by atoms with van der Waals surface area (Å²) < 4.78 is 7.88. The third-order valence-corrected chi connectivity index (χ3v) is 7.01. The van der Waals surface area contributed by atoms with Crippen molar-refractivity contribution in [3.8, 4) is 5.75 Å². The van der Waals surface area contributed by atoms with Crippen LogP contribution in [0.25, 0.3) is 0 Å². The molecule has 0 spiro atoms. The number of anilines is 1. The quantitative estimate of drug-likeness (QED) is 0.213. The van der Waals surface area contributed by atoms with Crippen LogP contribution in [0.3, 0.4) is 0 Å². The lowest BCUT2D eigenvalue weighted by Gasteiger charge is -2.27. The maximum absolute atomic E-state index is 6.09. The van der Waals surface area contributed by atoms with Gasteiger partial charge in [-0.05, 0) is 105 Å². The summed E-state index contributed by atoms with van der Waals surface area (Å²) in [7, 11) is 0. The molecule has 1 aromatic heterocycles. The summed E-state index contributed by atoms with van der Waals surface area (Å²) in [4.78, 5) is 2.23. The Bertz CT molecular complexity index is 1320. The Morgan fingerprint density at radius 3 is 2.46 bits per heavy atom. The van der Waals surface area contributed by atoms with Crippen LogP contribution in [-0.4, -0.2) is 27.7 Å². The summed E-state index contributed by atoms with van der Waals surface area (Å²) in [5.41, 5.74) is 7.30. The highest BCUT2D eigenvalue weighted by molar-refractivity contribution is 7.80. The number of rotatable bonds is 10. The first-order valence-corrected chi connectivity index (χ1v) is 13.4. The molecule has 0 fully saturated rings. The first kappa shape index (κ1) is 26.8. The first-order valence-electron chi connectivity index (χ1n) is 12.6. The summed E-state index contributed by atoms with van der Waals surface area (Å²) in [6, 6.07) is 26.9. The Morgan fingerprint density at radius 2 is 1.76 bits per heavy atom. The smallest absolute Gasteiger partial charge is 0.173 e. The van der Waals surface area contributed by atoms with Crippen LogP contribution in [-0.2, 0) is 19.5 Å². The van der Waals surface area contributed by atoms with Crippen LogP contribution in [0.15, 0.2) is 85.1 Å². The van der Waals surface area contributed by atoms with Crippen molar-refractivity contribution in [1.29, 1.82) is 0 Å². The van der Waals surface area contributed by atoms with E-state index in [2.05, 4.69) is 77.3 Å². The van der Waals surface area contributed by atoms with E-state index in [1.807, 2.05) is 43.3 Å². The van der Waals surface area contributed by atoms with E-state index in [1.54, 1.807) is 0 Å². The molecule has 4 nitrogen and oxygen atoms in total. The highest BCUT2D eigenvalue weighted by Crippen LogP contribution is 2.19. The van der Waals surface area contributed by atoms with Crippen molar-refractivity contribution in [3.05, 3.63) is 118 Å². The molecule has 0 aliphatic carbocycles. The molecule has 3 aromatic carbocycles. The number of nitrogens with one attached hydrogen (secondary N) is 1. The molecule has 1 heterocycles. The van der Waals surface area contributed by atoms with Crippen LogP contribution >= 0.6 is 23.8 Å². The van der Waals surface area contributed by atoms with E-state index >= 15 is 0 Å². The second-order valence-electron chi connectivity index (χ2n) is 9.24. The number of aryl methyl sites for hydroxylation is 2. The number of nitrogens with zero attached hydrogens (tertiary/aromatic N) is 2. The average Bonchev–Trinajstić information content (AvgIpc) is 3.32. The van der Waals surface area contributed by atoms with Crippen molar-refractivity contribution < 1.29 is 4.74 Å². The van der Waals surface area contributed by atoms with E-state index in [1.165, 1.54) is 27.9 Å². The maximum Gasteiger partial charge on any atom is 0.173 e. The van der Waals surface area contributed by atoms with E-state index in [0.29, 0.717) is 18.3 Å². The summed E-state index contributed by atoms with van der Waals surface area (Å²) in [6.07, 6.45) is 3.01. The van der Waals surface area contributed by atoms with Gasteiger partial charge in [-0.2, -0.15) is 0 Å². The van der Waals surface area contributed by atoms with E-state index in [9.17, 15) is 0 Å². The Balaban J connectivity index is 1.51. The third-order valence-electron chi connectivity index (χ3n) is 6.40. The Morgan fingerprint density at radius 1 is 1.00 bits per heavy atom. The normalized spacial score (nSPS) is 10.8. The molecular formula is C31H34ClN3OS. The molecule has 6 heteroatoms. The molecule has 192 valence electrons. The van der Waals surface area contributed by atoms with Gasteiger partial charge in [0, 0.05) is 35.7 Å². The topological polar surface area (TPSA) is 29.4 Å². The van der Waals surface area contributed by atoms with Crippen molar-refractivity contribution in [2.24, 2.45) is 0 Å². The number of aromatic nitrogens is 1. The summed E-state index contributed by atoms with van der Waals surface area (Å²) >= 11 is 12.0. The number of hydrogen-bond donors (Lipinski definition) is 1. The van der Waals surface area contributed by atoms with Crippen molar-refractivity contribution in [3.63, 3.8) is 0 Å². The van der Waals surface area contributed by atoms with Gasteiger partial charge in [-0.25, -0.2) is 0 Å². The zero-order valence-corrected chi connectivity index (χ0v) is 23.3. The molecule has 0 aliphatic rings. The van der Waals surface area contributed by atoms with Crippen LogP contribution in [0.2, 0.25) is 5.02 Å². The standard InChI is InChI=1S/C31H34ClN3OS/c1-4-36-30-15-13-28(14-16-30)33-31(37)35(19-17-25-8-11-27(32)12-9-25)22-29-6-5-18-34(29)21-26-10-7-23(2)20-24(26)3/h5-16,18,20H,4,17,19,21-22H2,1-3H3,(H,33,37). The summed E-state index contributed by atoms with van der Waals surface area (Å²) in [5, 5.41) is 4.86. The monoisotopic (exact) mass is 531 g/mol. The third kappa shape index (κ3) is 7.61. The molecule has 4 rings (SSSR count). The molecule has 37 heavy (non-hydrogen) atoms. The predicted octanol–water partition coefficient (Wildman–Crippen LogP) is 7.65. The van der Waals surface area contributed by atoms with Crippen LogP contribution in [0.4, 0.5) is 5.69 Å². The van der Waals surface area contributed by atoms with Crippen molar-refractivity contribution in [2.75, 3.05) is 18.5 Å². The molecule has 0 bridgehead atoms. The van der Waals surface area contributed by atoms with E-state index in [0.717, 1.165) is 36.0 Å². The second-order valence-corrected chi connectivity index (χ2v) is 10.1. The molecule has 0 aliphatic heterocycles. The zero-order chi connectivity index (χ0) is 26.2. The number of hydrogen-bond acceptors (Lipinski definition) is 2. The van der Waals surface area contributed by atoms with Gasteiger partial charge in [0.1, 0.15) is 5.75 Å². The van der Waals surface area contributed by atoms with Gasteiger partial charge in [-0.1, -0.05) is 47.5 Å². The molecule has 0 radical (unpaired) electrons. The van der Waals surface area contributed by atoms with E-state index in [4.69, 9.17) is 28.6 Å². The van der Waals surface area contributed by atoms with Crippen LogP contribution in [0.1, 0.15) is 34.9 Å².